The molecular formula is C13H24N2O2. The predicted octanol–water partition coefficient (Wildman–Crippen LogP) is 1.14. The van der Waals surface area contributed by atoms with E-state index >= 15 is 0 Å². The van der Waals surface area contributed by atoms with Crippen molar-refractivity contribution in [3.05, 3.63) is 0 Å². The van der Waals surface area contributed by atoms with Crippen molar-refractivity contribution in [2.45, 2.75) is 45.1 Å². The van der Waals surface area contributed by atoms with Crippen LogP contribution in [0.4, 0.5) is 0 Å². The van der Waals surface area contributed by atoms with Crippen LogP contribution >= 0.6 is 0 Å². The summed E-state index contributed by atoms with van der Waals surface area (Å²) < 4.78 is 5.62. The molecule has 2 heterocycles. The van der Waals surface area contributed by atoms with Crippen molar-refractivity contribution < 1.29 is 9.53 Å². The van der Waals surface area contributed by atoms with Crippen LogP contribution in [0.15, 0.2) is 0 Å². The van der Waals surface area contributed by atoms with E-state index in [0.717, 1.165) is 45.4 Å². The molecule has 2 aliphatic rings. The third-order valence-corrected chi connectivity index (χ3v) is 4.42. The fraction of sp³-hybridized carbons (Fsp3) is 0.923. The van der Waals surface area contributed by atoms with Crippen molar-refractivity contribution >= 4 is 5.91 Å². The average molecular weight is 240 g/mol. The van der Waals surface area contributed by atoms with Gasteiger partial charge in [0.2, 0.25) is 0 Å². The van der Waals surface area contributed by atoms with Crippen LogP contribution in [0.25, 0.3) is 0 Å². The summed E-state index contributed by atoms with van der Waals surface area (Å²) in [6.45, 7) is 7.22. The van der Waals surface area contributed by atoms with Crippen LogP contribution < -0.4 is 5.73 Å². The summed E-state index contributed by atoms with van der Waals surface area (Å²) in [5, 5.41) is 0. The molecule has 0 aromatic rings. The van der Waals surface area contributed by atoms with E-state index in [0.29, 0.717) is 6.54 Å². The van der Waals surface area contributed by atoms with Crippen molar-refractivity contribution in [3.63, 3.8) is 0 Å². The van der Waals surface area contributed by atoms with E-state index in [9.17, 15) is 4.79 Å². The van der Waals surface area contributed by atoms with Gasteiger partial charge in [0.15, 0.2) is 0 Å². The largest absolute Gasteiger partial charge is 0.365 e. The number of carbonyl (C=O) groups is 1. The third-order valence-electron chi connectivity index (χ3n) is 4.42. The van der Waals surface area contributed by atoms with Gasteiger partial charge in [-0.3, -0.25) is 4.79 Å². The molecule has 1 atom stereocenters. The Hall–Kier alpha value is -0.610. The summed E-state index contributed by atoms with van der Waals surface area (Å²) >= 11 is 0. The quantitative estimate of drug-likeness (QED) is 0.787. The highest BCUT2D eigenvalue weighted by molar-refractivity contribution is 5.85. The third kappa shape index (κ3) is 2.47. The number of likely N-dealkylation sites (tertiary alicyclic amines) is 1. The maximum Gasteiger partial charge on any atom is 0.254 e. The molecule has 2 saturated heterocycles. The molecule has 2 fully saturated rings. The molecule has 4 nitrogen and oxygen atoms in total. The van der Waals surface area contributed by atoms with Gasteiger partial charge in [-0.1, -0.05) is 6.92 Å². The first-order valence-electron chi connectivity index (χ1n) is 6.63. The molecule has 0 aromatic carbocycles. The molecule has 2 N–H and O–H groups in total. The maximum absolute atomic E-state index is 12.4. The van der Waals surface area contributed by atoms with Gasteiger partial charge in [-0.2, -0.15) is 0 Å². The molecule has 0 spiro atoms. The topological polar surface area (TPSA) is 55.6 Å². The van der Waals surface area contributed by atoms with Crippen LogP contribution in [0.1, 0.15) is 39.5 Å². The lowest BCUT2D eigenvalue weighted by Gasteiger charge is -2.41. The van der Waals surface area contributed by atoms with Crippen LogP contribution in [0.5, 0.6) is 0 Å². The summed E-state index contributed by atoms with van der Waals surface area (Å²) in [7, 11) is 0. The summed E-state index contributed by atoms with van der Waals surface area (Å²) in [4.78, 5) is 14.4. The standard InChI is InChI=1S/C13H24N2O2/c1-12(10-14)5-7-15(8-6-12)11(16)13(2)4-3-9-17-13/h3-10,14H2,1-2H3. The van der Waals surface area contributed by atoms with Gasteiger partial charge in [0.25, 0.3) is 5.91 Å². The van der Waals surface area contributed by atoms with Crippen LogP contribution in [0, 0.1) is 5.41 Å². The number of carbonyl (C=O) groups excluding carboxylic acids is 1. The Balaban J connectivity index is 1.94. The van der Waals surface area contributed by atoms with Crippen LogP contribution in [-0.4, -0.2) is 42.6 Å². The minimum atomic E-state index is -0.559. The van der Waals surface area contributed by atoms with E-state index in [2.05, 4.69) is 6.92 Å². The van der Waals surface area contributed by atoms with Crippen molar-refractivity contribution in [3.8, 4) is 0 Å². The summed E-state index contributed by atoms with van der Waals surface area (Å²) in [5.41, 5.74) is 5.44. The van der Waals surface area contributed by atoms with E-state index in [-0.39, 0.29) is 11.3 Å². The smallest absolute Gasteiger partial charge is 0.254 e. The average Bonchev–Trinajstić information content (AvgIpc) is 2.78. The van der Waals surface area contributed by atoms with Crippen molar-refractivity contribution in [2.75, 3.05) is 26.2 Å². The molecule has 98 valence electrons. The minimum absolute atomic E-state index is 0.175. The molecule has 4 heteroatoms. The lowest BCUT2D eigenvalue weighted by atomic mass is 9.80. The molecule has 1 amide bonds. The Kier molecular flexibility index (Phi) is 3.46. The second kappa shape index (κ2) is 4.58. The van der Waals surface area contributed by atoms with Gasteiger partial charge in [0.1, 0.15) is 5.60 Å². The lowest BCUT2D eigenvalue weighted by Crippen LogP contribution is -2.52. The molecule has 0 bridgehead atoms. The Bertz CT molecular complexity index is 290. The predicted molar refractivity (Wildman–Crippen MR) is 66.6 cm³/mol. The first-order valence-corrected chi connectivity index (χ1v) is 6.63. The Morgan fingerprint density at radius 1 is 1.29 bits per heavy atom. The zero-order chi connectivity index (χ0) is 12.5. The number of rotatable bonds is 2. The molecule has 1 unspecified atom stereocenters. The van der Waals surface area contributed by atoms with Crippen LogP contribution in [0.2, 0.25) is 0 Å². The molecular weight excluding hydrogens is 216 g/mol. The zero-order valence-corrected chi connectivity index (χ0v) is 11.0. The monoisotopic (exact) mass is 240 g/mol. The molecule has 17 heavy (non-hydrogen) atoms. The van der Waals surface area contributed by atoms with E-state index in [1.54, 1.807) is 0 Å². The molecule has 2 aliphatic heterocycles. The highest BCUT2D eigenvalue weighted by Gasteiger charge is 2.42. The van der Waals surface area contributed by atoms with Gasteiger partial charge < -0.3 is 15.4 Å². The summed E-state index contributed by atoms with van der Waals surface area (Å²) in [5.74, 6) is 0.175. The van der Waals surface area contributed by atoms with E-state index < -0.39 is 5.60 Å². The van der Waals surface area contributed by atoms with Crippen molar-refractivity contribution in [2.24, 2.45) is 11.1 Å². The molecule has 0 radical (unpaired) electrons. The number of ether oxygens (including phenoxy) is 1. The number of hydrogen-bond acceptors (Lipinski definition) is 3. The number of amides is 1. The Morgan fingerprint density at radius 2 is 1.94 bits per heavy atom. The summed E-state index contributed by atoms with van der Waals surface area (Å²) in [6, 6.07) is 0. The van der Waals surface area contributed by atoms with E-state index in [1.807, 2.05) is 11.8 Å². The van der Waals surface area contributed by atoms with Gasteiger partial charge in [0, 0.05) is 19.7 Å². The number of nitrogens with zero attached hydrogens (tertiary/aromatic N) is 1. The first-order chi connectivity index (χ1) is 7.99. The number of nitrogens with two attached hydrogens (primary N) is 1. The highest BCUT2D eigenvalue weighted by atomic mass is 16.5. The van der Waals surface area contributed by atoms with Crippen LogP contribution in [-0.2, 0) is 9.53 Å². The second-order valence-corrected chi connectivity index (χ2v) is 5.99. The Morgan fingerprint density at radius 3 is 2.41 bits per heavy atom. The fourth-order valence-corrected chi connectivity index (χ4v) is 2.74. The number of hydrogen-bond donors (Lipinski definition) is 1. The first kappa shape index (κ1) is 12.8. The van der Waals surface area contributed by atoms with Gasteiger partial charge in [-0.25, -0.2) is 0 Å². The van der Waals surface area contributed by atoms with E-state index in [4.69, 9.17) is 10.5 Å². The van der Waals surface area contributed by atoms with Gasteiger partial charge >= 0.3 is 0 Å². The van der Waals surface area contributed by atoms with Crippen LogP contribution in [0.3, 0.4) is 0 Å². The van der Waals surface area contributed by atoms with Gasteiger partial charge in [0.05, 0.1) is 0 Å². The fourth-order valence-electron chi connectivity index (χ4n) is 2.74. The van der Waals surface area contributed by atoms with Crippen molar-refractivity contribution in [1.82, 2.24) is 4.90 Å². The zero-order valence-electron chi connectivity index (χ0n) is 11.0. The lowest BCUT2D eigenvalue weighted by molar-refractivity contribution is -0.153. The molecule has 2 rings (SSSR count). The normalized spacial score (nSPS) is 32.8. The number of piperidine rings is 1. The van der Waals surface area contributed by atoms with E-state index in [1.165, 1.54) is 0 Å². The maximum atomic E-state index is 12.4. The molecule has 0 aromatic heterocycles. The molecule has 0 aliphatic carbocycles. The Labute approximate surface area is 103 Å². The molecule has 0 saturated carbocycles. The minimum Gasteiger partial charge on any atom is -0.365 e. The van der Waals surface area contributed by atoms with Gasteiger partial charge in [-0.15, -0.1) is 0 Å². The highest BCUT2D eigenvalue weighted by Crippen LogP contribution is 2.33. The van der Waals surface area contributed by atoms with Crippen molar-refractivity contribution in [1.29, 1.82) is 0 Å². The summed E-state index contributed by atoms with van der Waals surface area (Å²) in [6.07, 6.45) is 3.86. The van der Waals surface area contributed by atoms with Gasteiger partial charge in [-0.05, 0) is 44.6 Å². The SMILES string of the molecule is CC1(CN)CCN(C(=O)C2(C)CCCO2)CC1. The second-order valence-electron chi connectivity index (χ2n) is 5.99.